The van der Waals surface area contributed by atoms with Crippen LogP contribution < -0.4 is 5.32 Å². The second-order valence-electron chi connectivity index (χ2n) is 5.31. The highest BCUT2D eigenvalue weighted by atomic mass is 16.2. The molecule has 2 fully saturated rings. The van der Waals surface area contributed by atoms with Gasteiger partial charge >= 0.3 is 0 Å². The predicted molar refractivity (Wildman–Crippen MR) is 68.9 cm³/mol. The Balaban J connectivity index is 1.85. The van der Waals surface area contributed by atoms with Crippen LogP contribution in [0.3, 0.4) is 0 Å². The molecule has 0 aliphatic carbocycles. The van der Waals surface area contributed by atoms with Crippen LogP contribution in [0, 0.1) is 0 Å². The third-order valence-corrected chi connectivity index (χ3v) is 4.14. The SMILES string of the molecule is CCN(CC(=O)N1CCCCC1C)C1CNC1. The summed E-state index contributed by atoms with van der Waals surface area (Å²) >= 11 is 0. The van der Waals surface area contributed by atoms with Gasteiger partial charge < -0.3 is 10.2 Å². The normalized spacial score (nSPS) is 26.1. The van der Waals surface area contributed by atoms with E-state index in [-0.39, 0.29) is 0 Å². The number of nitrogens with one attached hydrogen (secondary N) is 1. The van der Waals surface area contributed by atoms with Gasteiger partial charge in [0.05, 0.1) is 6.54 Å². The van der Waals surface area contributed by atoms with Crippen molar-refractivity contribution in [2.24, 2.45) is 0 Å². The monoisotopic (exact) mass is 239 g/mol. The molecule has 1 amide bonds. The Labute approximate surface area is 104 Å². The fourth-order valence-corrected chi connectivity index (χ4v) is 2.76. The summed E-state index contributed by atoms with van der Waals surface area (Å²) in [6.07, 6.45) is 3.62. The molecule has 2 aliphatic rings. The average Bonchev–Trinajstić information content (AvgIpc) is 2.26. The van der Waals surface area contributed by atoms with E-state index < -0.39 is 0 Å². The zero-order valence-corrected chi connectivity index (χ0v) is 11.1. The third kappa shape index (κ3) is 2.99. The minimum Gasteiger partial charge on any atom is -0.339 e. The van der Waals surface area contributed by atoms with E-state index in [4.69, 9.17) is 0 Å². The van der Waals surface area contributed by atoms with Gasteiger partial charge in [-0.1, -0.05) is 6.92 Å². The van der Waals surface area contributed by atoms with E-state index in [1.165, 1.54) is 19.3 Å². The number of amides is 1. The van der Waals surface area contributed by atoms with Crippen LogP contribution in [0.5, 0.6) is 0 Å². The number of carbonyl (C=O) groups is 1. The number of carbonyl (C=O) groups excluding carboxylic acids is 1. The molecule has 2 rings (SSSR count). The van der Waals surface area contributed by atoms with Gasteiger partial charge in [-0.05, 0) is 32.7 Å². The van der Waals surface area contributed by atoms with Crippen molar-refractivity contribution in [3.05, 3.63) is 0 Å². The van der Waals surface area contributed by atoms with Gasteiger partial charge in [-0.3, -0.25) is 9.69 Å². The zero-order chi connectivity index (χ0) is 12.3. The number of hydrogen-bond acceptors (Lipinski definition) is 3. The molecule has 1 atom stereocenters. The van der Waals surface area contributed by atoms with Crippen molar-refractivity contribution in [1.82, 2.24) is 15.1 Å². The zero-order valence-electron chi connectivity index (χ0n) is 11.1. The Morgan fingerprint density at radius 1 is 1.41 bits per heavy atom. The summed E-state index contributed by atoms with van der Waals surface area (Å²) in [6, 6.07) is 1.01. The van der Waals surface area contributed by atoms with Crippen LogP contribution in [0.25, 0.3) is 0 Å². The standard InChI is InChI=1S/C13H25N3O/c1-3-15(12-8-14-9-12)10-13(17)16-7-5-4-6-11(16)2/h11-12,14H,3-10H2,1-2H3. The quantitative estimate of drug-likeness (QED) is 0.784. The van der Waals surface area contributed by atoms with E-state index in [2.05, 4.69) is 29.0 Å². The summed E-state index contributed by atoms with van der Waals surface area (Å²) in [6.45, 7) is 8.94. The molecule has 0 radical (unpaired) electrons. The van der Waals surface area contributed by atoms with Crippen molar-refractivity contribution in [3.8, 4) is 0 Å². The van der Waals surface area contributed by atoms with E-state index in [9.17, 15) is 4.79 Å². The first-order chi connectivity index (χ1) is 8.22. The maximum atomic E-state index is 12.3. The lowest BCUT2D eigenvalue weighted by atomic mass is 10.0. The molecule has 0 aromatic heterocycles. The van der Waals surface area contributed by atoms with Crippen LogP contribution in [0.1, 0.15) is 33.1 Å². The lowest BCUT2D eigenvalue weighted by Crippen LogP contribution is -2.59. The molecule has 0 aromatic carbocycles. The summed E-state index contributed by atoms with van der Waals surface area (Å²) in [4.78, 5) is 16.7. The molecule has 4 nitrogen and oxygen atoms in total. The summed E-state index contributed by atoms with van der Waals surface area (Å²) in [7, 11) is 0. The third-order valence-electron chi connectivity index (χ3n) is 4.14. The van der Waals surface area contributed by atoms with Crippen molar-refractivity contribution < 1.29 is 4.79 Å². The molecule has 2 saturated heterocycles. The van der Waals surface area contributed by atoms with Crippen molar-refractivity contribution in [3.63, 3.8) is 0 Å². The fourth-order valence-electron chi connectivity index (χ4n) is 2.76. The van der Waals surface area contributed by atoms with Crippen molar-refractivity contribution in [2.75, 3.05) is 32.7 Å². The molecule has 2 heterocycles. The van der Waals surface area contributed by atoms with Gasteiger partial charge in [0, 0.05) is 31.7 Å². The number of hydrogen-bond donors (Lipinski definition) is 1. The summed E-state index contributed by atoms with van der Waals surface area (Å²) < 4.78 is 0. The molecule has 0 spiro atoms. The van der Waals surface area contributed by atoms with E-state index in [1.807, 2.05) is 0 Å². The lowest BCUT2D eigenvalue weighted by molar-refractivity contribution is -0.136. The van der Waals surface area contributed by atoms with Gasteiger partial charge in [0.15, 0.2) is 0 Å². The number of likely N-dealkylation sites (tertiary alicyclic amines) is 1. The number of nitrogens with zero attached hydrogens (tertiary/aromatic N) is 2. The molecule has 17 heavy (non-hydrogen) atoms. The molecule has 0 aromatic rings. The summed E-state index contributed by atoms with van der Waals surface area (Å²) in [5.41, 5.74) is 0. The highest BCUT2D eigenvalue weighted by molar-refractivity contribution is 5.78. The average molecular weight is 239 g/mol. The fraction of sp³-hybridized carbons (Fsp3) is 0.923. The highest BCUT2D eigenvalue weighted by Crippen LogP contribution is 2.17. The van der Waals surface area contributed by atoms with Gasteiger partial charge in [-0.2, -0.15) is 0 Å². The molecule has 0 saturated carbocycles. The van der Waals surface area contributed by atoms with Gasteiger partial charge in [0.25, 0.3) is 0 Å². The van der Waals surface area contributed by atoms with Gasteiger partial charge in [-0.25, -0.2) is 0 Å². The van der Waals surface area contributed by atoms with E-state index in [0.717, 1.165) is 26.2 Å². The Hall–Kier alpha value is -0.610. The molecule has 1 N–H and O–H groups in total. The minimum atomic E-state index is 0.325. The minimum absolute atomic E-state index is 0.325. The van der Waals surface area contributed by atoms with Crippen LogP contribution >= 0.6 is 0 Å². The number of rotatable bonds is 4. The first kappa shape index (κ1) is 12.8. The number of likely N-dealkylation sites (N-methyl/N-ethyl adjacent to an activating group) is 1. The smallest absolute Gasteiger partial charge is 0.236 e. The van der Waals surface area contributed by atoms with Crippen LogP contribution in [-0.2, 0) is 4.79 Å². The predicted octanol–water partition coefficient (Wildman–Crippen LogP) is 0.681. The van der Waals surface area contributed by atoms with Gasteiger partial charge in [0.1, 0.15) is 0 Å². The molecule has 2 aliphatic heterocycles. The van der Waals surface area contributed by atoms with Crippen molar-refractivity contribution in [1.29, 1.82) is 0 Å². The molecule has 1 unspecified atom stereocenters. The van der Waals surface area contributed by atoms with Crippen LogP contribution in [-0.4, -0.2) is 60.5 Å². The highest BCUT2D eigenvalue weighted by Gasteiger charge is 2.28. The van der Waals surface area contributed by atoms with Crippen LogP contribution in [0.15, 0.2) is 0 Å². The Morgan fingerprint density at radius 2 is 2.18 bits per heavy atom. The lowest BCUT2D eigenvalue weighted by Gasteiger charge is -2.40. The van der Waals surface area contributed by atoms with Gasteiger partial charge in [0.2, 0.25) is 5.91 Å². The molecule has 4 heteroatoms. The van der Waals surface area contributed by atoms with Crippen LogP contribution in [0.4, 0.5) is 0 Å². The largest absolute Gasteiger partial charge is 0.339 e. The maximum Gasteiger partial charge on any atom is 0.236 e. The molecular weight excluding hydrogens is 214 g/mol. The van der Waals surface area contributed by atoms with Gasteiger partial charge in [-0.15, -0.1) is 0 Å². The second-order valence-corrected chi connectivity index (χ2v) is 5.31. The van der Waals surface area contributed by atoms with Crippen molar-refractivity contribution in [2.45, 2.75) is 45.2 Å². The Morgan fingerprint density at radius 3 is 2.71 bits per heavy atom. The van der Waals surface area contributed by atoms with Crippen molar-refractivity contribution >= 4 is 5.91 Å². The first-order valence-corrected chi connectivity index (χ1v) is 6.96. The molecule has 98 valence electrons. The number of piperidine rings is 1. The van der Waals surface area contributed by atoms with Crippen LogP contribution in [0.2, 0.25) is 0 Å². The second kappa shape index (κ2) is 5.83. The first-order valence-electron chi connectivity index (χ1n) is 6.96. The molecule has 0 bridgehead atoms. The van der Waals surface area contributed by atoms with E-state index >= 15 is 0 Å². The maximum absolute atomic E-state index is 12.3. The summed E-state index contributed by atoms with van der Waals surface area (Å²) in [5.74, 6) is 0.325. The summed E-state index contributed by atoms with van der Waals surface area (Å²) in [5, 5.41) is 3.27. The molecular formula is C13H25N3O. The Bertz CT molecular complexity index is 265. The topological polar surface area (TPSA) is 35.6 Å². The van der Waals surface area contributed by atoms with E-state index in [0.29, 0.717) is 24.5 Å². The van der Waals surface area contributed by atoms with E-state index in [1.54, 1.807) is 0 Å². The Kier molecular flexibility index (Phi) is 4.40.